The van der Waals surface area contributed by atoms with Crippen molar-refractivity contribution in [2.24, 2.45) is 0 Å². The van der Waals surface area contributed by atoms with Crippen molar-refractivity contribution in [1.82, 2.24) is 19.5 Å². The highest BCUT2D eigenvalue weighted by atomic mass is 19.1. The molecule has 0 saturated carbocycles. The van der Waals surface area contributed by atoms with Gasteiger partial charge >= 0.3 is 0 Å². The minimum atomic E-state index is -0.427. The Hall–Kier alpha value is -3.29. The van der Waals surface area contributed by atoms with Crippen LogP contribution in [0.3, 0.4) is 0 Å². The van der Waals surface area contributed by atoms with Crippen LogP contribution in [0.5, 0.6) is 0 Å². The Kier molecular flexibility index (Phi) is 4.42. The standard InChI is InChI=1S/C17H17FN6O/c1-11-4-5-12(6-13(11)18)22-17(25)14-8-24(10-21-14)16-7-15(23(2)3)19-9-20-16/h4-10H,1-3H3,(H,22,25). The van der Waals surface area contributed by atoms with Crippen molar-refractivity contribution in [1.29, 1.82) is 0 Å². The molecule has 128 valence electrons. The highest BCUT2D eigenvalue weighted by Crippen LogP contribution is 2.15. The highest BCUT2D eigenvalue weighted by molar-refractivity contribution is 6.02. The van der Waals surface area contributed by atoms with Crippen LogP contribution in [0, 0.1) is 12.7 Å². The monoisotopic (exact) mass is 340 g/mol. The van der Waals surface area contributed by atoms with Gasteiger partial charge in [0.2, 0.25) is 0 Å². The summed E-state index contributed by atoms with van der Waals surface area (Å²) < 4.78 is 15.2. The molecule has 0 bridgehead atoms. The summed E-state index contributed by atoms with van der Waals surface area (Å²) in [6.45, 7) is 1.66. The van der Waals surface area contributed by atoms with Gasteiger partial charge in [-0.25, -0.2) is 19.3 Å². The largest absolute Gasteiger partial charge is 0.363 e. The number of amides is 1. The molecule has 0 saturated heterocycles. The van der Waals surface area contributed by atoms with Crippen molar-refractivity contribution < 1.29 is 9.18 Å². The average molecular weight is 340 g/mol. The minimum Gasteiger partial charge on any atom is -0.363 e. The van der Waals surface area contributed by atoms with Crippen LogP contribution in [0.2, 0.25) is 0 Å². The van der Waals surface area contributed by atoms with Crippen molar-refractivity contribution in [3.63, 3.8) is 0 Å². The first-order chi connectivity index (χ1) is 11.9. The molecule has 1 aromatic carbocycles. The zero-order chi connectivity index (χ0) is 18.0. The van der Waals surface area contributed by atoms with Crippen molar-refractivity contribution in [2.45, 2.75) is 6.92 Å². The Morgan fingerprint density at radius 1 is 1.20 bits per heavy atom. The Morgan fingerprint density at radius 2 is 2.00 bits per heavy atom. The Balaban J connectivity index is 1.79. The summed E-state index contributed by atoms with van der Waals surface area (Å²) in [4.78, 5) is 26.5. The van der Waals surface area contributed by atoms with Crippen LogP contribution in [0.15, 0.2) is 43.1 Å². The van der Waals surface area contributed by atoms with Gasteiger partial charge in [0.25, 0.3) is 5.91 Å². The third-order valence-corrected chi connectivity index (χ3v) is 3.61. The van der Waals surface area contributed by atoms with E-state index in [0.717, 1.165) is 5.82 Å². The first kappa shape index (κ1) is 16.6. The molecule has 1 N–H and O–H groups in total. The second-order valence-electron chi connectivity index (χ2n) is 5.71. The van der Waals surface area contributed by atoms with Crippen LogP contribution in [0.1, 0.15) is 16.1 Å². The van der Waals surface area contributed by atoms with E-state index in [1.54, 1.807) is 35.9 Å². The molecule has 2 heterocycles. The third kappa shape index (κ3) is 3.63. The van der Waals surface area contributed by atoms with Crippen molar-refractivity contribution >= 4 is 17.4 Å². The number of carbonyl (C=O) groups is 1. The number of aromatic nitrogens is 4. The van der Waals surface area contributed by atoms with Gasteiger partial charge in [-0.1, -0.05) is 6.07 Å². The maximum absolute atomic E-state index is 13.6. The molecule has 0 aliphatic carbocycles. The Labute approximate surface area is 144 Å². The van der Waals surface area contributed by atoms with E-state index in [0.29, 0.717) is 17.1 Å². The molecule has 0 aliphatic heterocycles. The summed E-state index contributed by atoms with van der Waals surface area (Å²) in [5, 5.41) is 2.62. The zero-order valence-corrected chi connectivity index (χ0v) is 14.1. The first-order valence-electron chi connectivity index (χ1n) is 7.55. The van der Waals surface area contributed by atoms with E-state index in [2.05, 4.69) is 20.3 Å². The predicted molar refractivity (Wildman–Crippen MR) is 92.6 cm³/mol. The van der Waals surface area contributed by atoms with Crippen molar-refractivity contribution in [3.05, 3.63) is 60.2 Å². The normalized spacial score (nSPS) is 10.6. The maximum Gasteiger partial charge on any atom is 0.275 e. The van der Waals surface area contributed by atoms with Gasteiger partial charge in [0.05, 0.1) is 0 Å². The van der Waals surface area contributed by atoms with Crippen molar-refractivity contribution in [2.75, 3.05) is 24.3 Å². The second kappa shape index (κ2) is 6.68. The van der Waals surface area contributed by atoms with Gasteiger partial charge in [-0.15, -0.1) is 0 Å². The fourth-order valence-electron chi connectivity index (χ4n) is 2.15. The van der Waals surface area contributed by atoms with E-state index < -0.39 is 5.91 Å². The number of hydrogen-bond donors (Lipinski definition) is 1. The molecular weight excluding hydrogens is 323 g/mol. The SMILES string of the molecule is Cc1ccc(NC(=O)c2cn(-c3cc(N(C)C)ncn3)cn2)cc1F. The molecule has 1 amide bonds. The number of benzene rings is 1. The van der Waals surface area contributed by atoms with Crippen LogP contribution < -0.4 is 10.2 Å². The molecule has 7 nitrogen and oxygen atoms in total. The maximum atomic E-state index is 13.6. The molecule has 25 heavy (non-hydrogen) atoms. The third-order valence-electron chi connectivity index (χ3n) is 3.61. The molecule has 3 aromatic rings. The summed E-state index contributed by atoms with van der Waals surface area (Å²) in [6.07, 6.45) is 4.49. The molecule has 0 radical (unpaired) electrons. The number of carbonyl (C=O) groups excluding carboxylic acids is 1. The van der Waals surface area contributed by atoms with Gasteiger partial charge in [-0.3, -0.25) is 9.36 Å². The van der Waals surface area contributed by atoms with Crippen LogP contribution >= 0.6 is 0 Å². The summed E-state index contributed by atoms with van der Waals surface area (Å²) in [6, 6.07) is 6.30. The number of imidazole rings is 1. The van der Waals surface area contributed by atoms with Gasteiger partial charge in [0.15, 0.2) is 0 Å². The summed E-state index contributed by atoms with van der Waals surface area (Å²) in [7, 11) is 3.75. The number of nitrogens with zero attached hydrogens (tertiary/aromatic N) is 5. The van der Waals surface area contributed by atoms with E-state index in [1.165, 1.54) is 18.7 Å². The van der Waals surface area contributed by atoms with E-state index >= 15 is 0 Å². The van der Waals surface area contributed by atoms with Crippen LogP contribution in [-0.4, -0.2) is 39.5 Å². The average Bonchev–Trinajstić information content (AvgIpc) is 3.08. The van der Waals surface area contributed by atoms with Gasteiger partial charge < -0.3 is 10.2 Å². The number of halogens is 1. The van der Waals surface area contributed by atoms with Crippen LogP contribution in [-0.2, 0) is 0 Å². The number of nitrogens with one attached hydrogen (secondary N) is 1. The van der Waals surface area contributed by atoms with Crippen LogP contribution in [0.4, 0.5) is 15.9 Å². The lowest BCUT2D eigenvalue weighted by Crippen LogP contribution is -2.13. The summed E-state index contributed by atoms with van der Waals surface area (Å²) >= 11 is 0. The van der Waals surface area contributed by atoms with E-state index in [9.17, 15) is 9.18 Å². The molecule has 0 fully saturated rings. The lowest BCUT2D eigenvalue weighted by molar-refractivity contribution is 0.102. The minimum absolute atomic E-state index is 0.200. The number of rotatable bonds is 4. The molecular formula is C17H17FN6O. The molecule has 0 aliphatic rings. The van der Waals surface area contributed by atoms with E-state index in [4.69, 9.17) is 0 Å². The lowest BCUT2D eigenvalue weighted by Gasteiger charge is -2.11. The first-order valence-corrected chi connectivity index (χ1v) is 7.55. The molecule has 0 atom stereocenters. The lowest BCUT2D eigenvalue weighted by atomic mass is 10.2. The van der Waals surface area contributed by atoms with Gasteiger partial charge in [0, 0.05) is 32.0 Å². The van der Waals surface area contributed by atoms with Crippen molar-refractivity contribution in [3.8, 4) is 5.82 Å². The molecule has 2 aromatic heterocycles. The fraction of sp³-hybridized carbons (Fsp3) is 0.176. The predicted octanol–water partition coefficient (Wildman–Crippen LogP) is 2.43. The Bertz CT molecular complexity index is 921. The summed E-state index contributed by atoms with van der Waals surface area (Å²) in [5.74, 6) is 0.524. The quantitative estimate of drug-likeness (QED) is 0.789. The zero-order valence-electron chi connectivity index (χ0n) is 14.1. The van der Waals surface area contributed by atoms with Gasteiger partial charge in [-0.05, 0) is 24.6 Å². The molecule has 0 unspecified atom stereocenters. The second-order valence-corrected chi connectivity index (χ2v) is 5.71. The number of hydrogen-bond acceptors (Lipinski definition) is 5. The van der Waals surface area contributed by atoms with Gasteiger partial charge in [-0.2, -0.15) is 0 Å². The molecule has 8 heteroatoms. The van der Waals surface area contributed by atoms with E-state index in [1.807, 2.05) is 19.0 Å². The van der Waals surface area contributed by atoms with E-state index in [-0.39, 0.29) is 11.5 Å². The molecule has 0 spiro atoms. The highest BCUT2D eigenvalue weighted by Gasteiger charge is 2.12. The number of anilines is 2. The summed E-state index contributed by atoms with van der Waals surface area (Å²) in [5.41, 5.74) is 1.09. The molecule has 3 rings (SSSR count). The topological polar surface area (TPSA) is 75.9 Å². The smallest absolute Gasteiger partial charge is 0.275 e. The Morgan fingerprint density at radius 3 is 2.72 bits per heavy atom. The van der Waals surface area contributed by atoms with Crippen LogP contribution in [0.25, 0.3) is 5.82 Å². The fourth-order valence-corrected chi connectivity index (χ4v) is 2.15. The number of aryl methyl sites for hydroxylation is 1. The van der Waals surface area contributed by atoms with Gasteiger partial charge in [0.1, 0.15) is 35.8 Å².